The molecule has 0 fully saturated rings. The van der Waals surface area contributed by atoms with Crippen molar-refractivity contribution in [3.63, 3.8) is 0 Å². The van der Waals surface area contributed by atoms with Gasteiger partial charge in [-0.15, -0.1) is 0 Å². The number of carbonyl (C=O) groups is 2. The van der Waals surface area contributed by atoms with Crippen molar-refractivity contribution >= 4 is 50.7 Å². The van der Waals surface area contributed by atoms with E-state index in [9.17, 15) is 18.0 Å². The monoisotopic (exact) mass is 665 g/mol. The summed E-state index contributed by atoms with van der Waals surface area (Å²) in [4.78, 5) is 29.9. The number of benzene rings is 4. The van der Waals surface area contributed by atoms with Gasteiger partial charge in [-0.3, -0.25) is 13.9 Å². The van der Waals surface area contributed by atoms with Gasteiger partial charge in [0.15, 0.2) is 0 Å². The van der Waals surface area contributed by atoms with Crippen molar-refractivity contribution in [2.75, 3.05) is 10.8 Å². The van der Waals surface area contributed by atoms with Crippen molar-refractivity contribution in [1.82, 2.24) is 10.2 Å². The summed E-state index contributed by atoms with van der Waals surface area (Å²) in [5.41, 5.74) is 2.15. The highest BCUT2D eigenvalue weighted by Gasteiger charge is 2.35. The molecule has 4 aromatic rings. The summed E-state index contributed by atoms with van der Waals surface area (Å²) in [6.45, 7) is 6.96. The lowest BCUT2D eigenvalue weighted by atomic mass is 10.0. The van der Waals surface area contributed by atoms with Crippen LogP contribution in [-0.2, 0) is 32.6 Å². The molecule has 0 bridgehead atoms. The van der Waals surface area contributed by atoms with Crippen molar-refractivity contribution in [2.45, 2.75) is 57.1 Å². The van der Waals surface area contributed by atoms with Crippen LogP contribution in [0, 0.1) is 6.92 Å². The second-order valence-corrected chi connectivity index (χ2v) is 14.6. The summed E-state index contributed by atoms with van der Waals surface area (Å²) in [7, 11) is -4.22. The van der Waals surface area contributed by atoms with E-state index >= 15 is 0 Å². The van der Waals surface area contributed by atoms with Gasteiger partial charge in [-0.05, 0) is 92.9 Å². The van der Waals surface area contributed by atoms with Gasteiger partial charge in [0.25, 0.3) is 10.0 Å². The first-order chi connectivity index (χ1) is 21.2. The van der Waals surface area contributed by atoms with Crippen molar-refractivity contribution in [3.8, 4) is 0 Å². The Kier molecular flexibility index (Phi) is 11.0. The second-order valence-electron chi connectivity index (χ2n) is 11.9. The molecule has 0 aromatic heterocycles. The molecule has 10 heteroatoms. The summed E-state index contributed by atoms with van der Waals surface area (Å²) in [6, 6.07) is 28.2. The number of hydrogen-bond donors (Lipinski definition) is 1. The van der Waals surface area contributed by atoms with Gasteiger partial charge in [0.2, 0.25) is 11.8 Å². The minimum Gasteiger partial charge on any atom is -0.350 e. The predicted octanol–water partition coefficient (Wildman–Crippen LogP) is 7.05. The maximum absolute atomic E-state index is 14.5. The van der Waals surface area contributed by atoms with Crippen LogP contribution in [0.5, 0.6) is 0 Å². The highest BCUT2D eigenvalue weighted by atomic mass is 35.5. The van der Waals surface area contributed by atoms with E-state index < -0.39 is 34.1 Å². The van der Waals surface area contributed by atoms with Gasteiger partial charge in [0, 0.05) is 28.5 Å². The number of nitrogens with zero attached hydrogens (tertiary/aromatic N) is 2. The van der Waals surface area contributed by atoms with Crippen LogP contribution in [0.2, 0.25) is 10.0 Å². The number of sulfonamides is 1. The Morgan fingerprint density at radius 2 is 1.40 bits per heavy atom. The van der Waals surface area contributed by atoms with Crippen LogP contribution in [0.1, 0.15) is 37.5 Å². The summed E-state index contributed by atoms with van der Waals surface area (Å²) < 4.78 is 29.3. The zero-order chi connectivity index (χ0) is 32.8. The van der Waals surface area contributed by atoms with Gasteiger partial charge < -0.3 is 10.2 Å². The molecule has 4 aromatic carbocycles. The van der Waals surface area contributed by atoms with E-state index in [4.69, 9.17) is 23.2 Å². The fraction of sp³-hybridized carbons (Fsp3) is 0.257. The molecular weight excluding hydrogens is 629 g/mol. The van der Waals surface area contributed by atoms with E-state index in [-0.39, 0.29) is 23.8 Å². The van der Waals surface area contributed by atoms with Crippen molar-refractivity contribution < 1.29 is 18.0 Å². The number of nitrogens with one attached hydrogen (secondary N) is 1. The molecule has 1 atom stereocenters. The maximum atomic E-state index is 14.5. The van der Waals surface area contributed by atoms with Gasteiger partial charge in [0.1, 0.15) is 12.6 Å². The zero-order valence-electron chi connectivity index (χ0n) is 25.7. The second kappa shape index (κ2) is 14.5. The van der Waals surface area contributed by atoms with E-state index in [1.165, 1.54) is 29.2 Å². The van der Waals surface area contributed by atoms with Crippen LogP contribution in [0.3, 0.4) is 0 Å². The fourth-order valence-corrected chi connectivity index (χ4v) is 6.50. The minimum atomic E-state index is -4.22. The molecule has 0 spiro atoms. The lowest BCUT2D eigenvalue weighted by Gasteiger charge is -2.35. The molecule has 0 aliphatic rings. The molecule has 0 saturated heterocycles. The van der Waals surface area contributed by atoms with E-state index in [0.717, 1.165) is 21.0 Å². The topological polar surface area (TPSA) is 86.8 Å². The fourth-order valence-electron chi connectivity index (χ4n) is 4.84. The first kappa shape index (κ1) is 34.0. The summed E-state index contributed by atoms with van der Waals surface area (Å²) in [5.74, 6) is -0.898. The lowest BCUT2D eigenvalue weighted by Crippen LogP contribution is -2.56. The van der Waals surface area contributed by atoms with E-state index in [1.807, 2.05) is 64.1 Å². The predicted molar refractivity (Wildman–Crippen MR) is 181 cm³/mol. The Morgan fingerprint density at radius 3 is 1.98 bits per heavy atom. The summed E-state index contributed by atoms with van der Waals surface area (Å²) in [6.07, 6.45) is 0.219. The molecule has 0 unspecified atom stereocenters. The third-order valence-electron chi connectivity index (χ3n) is 7.01. The van der Waals surface area contributed by atoms with Gasteiger partial charge in [-0.1, -0.05) is 77.8 Å². The number of halogens is 2. The number of carbonyl (C=O) groups excluding carboxylic acids is 2. The van der Waals surface area contributed by atoms with Crippen LogP contribution < -0.4 is 9.62 Å². The highest BCUT2D eigenvalue weighted by Crippen LogP contribution is 2.27. The Hall–Kier alpha value is -3.85. The number of rotatable bonds is 11. The average molecular weight is 667 g/mol. The standard InChI is InChI=1S/C35H37Cl2N3O4S/c1-25-9-8-12-30(21-25)40(45(43,44)31-19-17-29(37)18-20-31)24-33(41)39(23-27-13-15-28(36)16-14-27)32(34(42)38-35(2,3)4)22-26-10-6-5-7-11-26/h5-21,32H,22-24H2,1-4H3,(H,38,42)/t32-/m0/s1. The van der Waals surface area contributed by atoms with Gasteiger partial charge in [-0.2, -0.15) is 0 Å². The SMILES string of the molecule is Cc1cccc(N(CC(=O)N(Cc2ccc(Cl)cc2)[C@@H](Cc2ccccc2)C(=O)NC(C)(C)C)S(=O)(=O)c2ccc(Cl)cc2)c1. The third kappa shape index (κ3) is 9.33. The molecule has 0 saturated carbocycles. The number of hydrogen-bond acceptors (Lipinski definition) is 4. The smallest absolute Gasteiger partial charge is 0.264 e. The number of amides is 2. The van der Waals surface area contributed by atoms with E-state index in [2.05, 4.69) is 5.32 Å². The molecule has 4 rings (SSSR count). The molecule has 7 nitrogen and oxygen atoms in total. The largest absolute Gasteiger partial charge is 0.350 e. The highest BCUT2D eigenvalue weighted by molar-refractivity contribution is 7.92. The molecular formula is C35H37Cl2N3O4S. The first-order valence-corrected chi connectivity index (χ1v) is 16.7. The van der Waals surface area contributed by atoms with E-state index in [1.54, 1.807) is 42.5 Å². The Morgan fingerprint density at radius 1 is 0.800 bits per heavy atom. The lowest BCUT2D eigenvalue weighted by molar-refractivity contribution is -0.140. The molecule has 2 amide bonds. The molecule has 0 aliphatic heterocycles. The Labute approximate surface area is 275 Å². The maximum Gasteiger partial charge on any atom is 0.264 e. The molecule has 236 valence electrons. The first-order valence-electron chi connectivity index (χ1n) is 14.5. The Bertz CT molecular complexity index is 1720. The van der Waals surface area contributed by atoms with Gasteiger partial charge in [-0.25, -0.2) is 8.42 Å². The number of anilines is 1. The molecule has 45 heavy (non-hydrogen) atoms. The zero-order valence-corrected chi connectivity index (χ0v) is 28.0. The molecule has 1 N–H and O–H groups in total. The van der Waals surface area contributed by atoms with Crippen molar-refractivity contribution in [1.29, 1.82) is 0 Å². The van der Waals surface area contributed by atoms with Gasteiger partial charge in [0.05, 0.1) is 10.6 Å². The van der Waals surface area contributed by atoms with Crippen molar-refractivity contribution in [2.24, 2.45) is 0 Å². The summed E-state index contributed by atoms with van der Waals surface area (Å²) in [5, 5.41) is 3.94. The number of aryl methyl sites for hydroxylation is 1. The van der Waals surface area contributed by atoms with E-state index in [0.29, 0.717) is 15.7 Å². The molecule has 0 aliphatic carbocycles. The third-order valence-corrected chi connectivity index (χ3v) is 9.30. The molecule has 0 heterocycles. The van der Waals surface area contributed by atoms with Crippen LogP contribution in [0.15, 0.2) is 108 Å². The average Bonchev–Trinajstić information content (AvgIpc) is 2.98. The van der Waals surface area contributed by atoms with Crippen LogP contribution >= 0.6 is 23.2 Å². The van der Waals surface area contributed by atoms with Crippen molar-refractivity contribution in [3.05, 3.63) is 130 Å². The molecule has 0 radical (unpaired) electrons. The summed E-state index contributed by atoms with van der Waals surface area (Å²) >= 11 is 12.2. The minimum absolute atomic E-state index is 0.0169. The Balaban J connectivity index is 1.81. The quantitative estimate of drug-likeness (QED) is 0.186. The normalized spacial score (nSPS) is 12.3. The van der Waals surface area contributed by atoms with Crippen LogP contribution in [0.25, 0.3) is 0 Å². The van der Waals surface area contributed by atoms with Crippen LogP contribution in [-0.4, -0.2) is 43.3 Å². The van der Waals surface area contributed by atoms with Gasteiger partial charge >= 0.3 is 0 Å². The van der Waals surface area contributed by atoms with Crippen LogP contribution in [0.4, 0.5) is 5.69 Å².